The van der Waals surface area contributed by atoms with Gasteiger partial charge in [0.15, 0.2) is 0 Å². The Hall–Kier alpha value is -3.07. The van der Waals surface area contributed by atoms with Crippen LogP contribution in [0.5, 0.6) is 11.8 Å². The Balaban J connectivity index is 2.14. The van der Waals surface area contributed by atoms with Crippen LogP contribution in [-0.4, -0.2) is 30.1 Å². The molecule has 0 aromatic carbocycles. The lowest BCUT2D eigenvalue weighted by molar-refractivity contribution is 0.102. The second kappa shape index (κ2) is 9.28. The summed E-state index contributed by atoms with van der Waals surface area (Å²) < 4.78 is 10.2. The molecule has 0 radical (unpaired) electrons. The van der Waals surface area contributed by atoms with E-state index in [1.54, 1.807) is 24.4 Å². The van der Waals surface area contributed by atoms with E-state index in [2.05, 4.69) is 34.0 Å². The number of rotatable bonds is 6. The third-order valence-electron chi connectivity index (χ3n) is 3.37. The van der Waals surface area contributed by atoms with Gasteiger partial charge in [-0.1, -0.05) is 25.2 Å². The summed E-state index contributed by atoms with van der Waals surface area (Å²) in [5.41, 5.74) is 1.58. The fourth-order valence-corrected chi connectivity index (χ4v) is 2.04. The highest BCUT2D eigenvalue weighted by Crippen LogP contribution is 2.25. The molecule has 0 unspecified atom stereocenters. The van der Waals surface area contributed by atoms with E-state index in [-0.39, 0.29) is 11.8 Å². The number of nitrogens with one attached hydrogen (secondary N) is 1. The maximum Gasteiger partial charge on any atom is 0.257 e. The van der Waals surface area contributed by atoms with Gasteiger partial charge in [0, 0.05) is 30.4 Å². The van der Waals surface area contributed by atoms with Crippen LogP contribution in [0.1, 0.15) is 42.1 Å². The van der Waals surface area contributed by atoms with Gasteiger partial charge in [-0.2, -0.15) is 4.98 Å². The first-order valence-electron chi connectivity index (χ1n) is 8.02. The molecule has 0 aliphatic heterocycles. The lowest BCUT2D eigenvalue weighted by atomic mass is 10.2. The first kappa shape index (κ1) is 18.3. The number of pyridine rings is 2. The zero-order valence-corrected chi connectivity index (χ0v) is 14.6. The van der Waals surface area contributed by atoms with E-state index in [0.717, 1.165) is 19.3 Å². The van der Waals surface area contributed by atoms with Gasteiger partial charge in [0.2, 0.25) is 11.8 Å². The van der Waals surface area contributed by atoms with Gasteiger partial charge in [0.05, 0.1) is 19.8 Å². The number of carbonyl (C=O) groups is 1. The molecule has 1 amide bonds. The van der Waals surface area contributed by atoms with Crippen molar-refractivity contribution in [2.75, 3.05) is 19.5 Å². The van der Waals surface area contributed by atoms with E-state index < -0.39 is 0 Å². The smallest absolute Gasteiger partial charge is 0.257 e. The third-order valence-corrected chi connectivity index (χ3v) is 3.37. The fourth-order valence-electron chi connectivity index (χ4n) is 2.04. The molecular formula is C19H21N3O3. The van der Waals surface area contributed by atoms with Crippen LogP contribution in [0, 0.1) is 11.8 Å². The van der Waals surface area contributed by atoms with Crippen LogP contribution in [-0.2, 0) is 0 Å². The van der Waals surface area contributed by atoms with Gasteiger partial charge in [0.1, 0.15) is 5.69 Å². The largest absolute Gasteiger partial charge is 0.481 e. The number of hydrogen-bond acceptors (Lipinski definition) is 5. The molecule has 0 fully saturated rings. The predicted octanol–water partition coefficient (Wildman–Crippen LogP) is 3.29. The molecule has 1 N–H and O–H groups in total. The fraction of sp³-hybridized carbons (Fsp3) is 0.316. The SMILES string of the molecule is CCCCC#Cc1cncc(C(=O)Nc2ccc(OC)nc2OC)c1. The maximum atomic E-state index is 12.5. The minimum atomic E-state index is -0.310. The molecule has 0 saturated heterocycles. The van der Waals surface area contributed by atoms with Crippen molar-refractivity contribution >= 4 is 11.6 Å². The van der Waals surface area contributed by atoms with Gasteiger partial charge in [-0.05, 0) is 18.6 Å². The van der Waals surface area contributed by atoms with Crippen molar-refractivity contribution in [1.29, 1.82) is 0 Å². The average Bonchev–Trinajstić information content (AvgIpc) is 2.65. The molecule has 0 aliphatic rings. The summed E-state index contributed by atoms with van der Waals surface area (Å²) in [6, 6.07) is 5.03. The number of methoxy groups -OCH3 is 2. The van der Waals surface area contributed by atoms with Gasteiger partial charge >= 0.3 is 0 Å². The summed E-state index contributed by atoms with van der Waals surface area (Å²) in [6.45, 7) is 2.12. The Morgan fingerprint density at radius 2 is 2.08 bits per heavy atom. The van der Waals surface area contributed by atoms with Crippen LogP contribution in [0.2, 0.25) is 0 Å². The van der Waals surface area contributed by atoms with E-state index >= 15 is 0 Å². The standard InChI is InChI=1S/C19H21N3O3/c1-4-5-6-7-8-14-11-15(13-20-12-14)18(23)21-16-9-10-17(24-2)22-19(16)25-3/h9-13H,4-6H2,1-3H3,(H,21,23). The van der Waals surface area contributed by atoms with E-state index in [4.69, 9.17) is 9.47 Å². The van der Waals surface area contributed by atoms with Crippen molar-refractivity contribution in [2.24, 2.45) is 0 Å². The van der Waals surface area contributed by atoms with E-state index in [1.807, 2.05) is 0 Å². The molecule has 25 heavy (non-hydrogen) atoms. The summed E-state index contributed by atoms with van der Waals surface area (Å²) in [6.07, 6.45) is 6.14. The predicted molar refractivity (Wildman–Crippen MR) is 95.9 cm³/mol. The Kier molecular flexibility index (Phi) is 6.78. The van der Waals surface area contributed by atoms with Crippen molar-refractivity contribution in [3.8, 4) is 23.6 Å². The Morgan fingerprint density at radius 3 is 2.80 bits per heavy atom. The van der Waals surface area contributed by atoms with Gasteiger partial charge in [-0.3, -0.25) is 9.78 Å². The monoisotopic (exact) mass is 339 g/mol. The topological polar surface area (TPSA) is 73.3 Å². The summed E-state index contributed by atoms with van der Waals surface area (Å²) >= 11 is 0. The number of ether oxygens (including phenoxy) is 2. The molecule has 2 heterocycles. The van der Waals surface area contributed by atoms with Crippen LogP contribution >= 0.6 is 0 Å². The van der Waals surface area contributed by atoms with Gasteiger partial charge in [-0.25, -0.2) is 0 Å². The molecule has 130 valence electrons. The number of unbranched alkanes of at least 4 members (excludes halogenated alkanes) is 2. The Labute approximate surface area is 147 Å². The lowest BCUT2D eigenvalue weighted by Crippen LogP contribution is -2.13. The quantitative estimate of drug-likeness (QED) is 0.646. The van der Waals surface area contributed by atoms with E-state index in [0.29, 0.717) is 22.7 Å². The highest BCUT2D eigenvalue weighted by molar-refractivity contribution is 6.04. The van der Waals surface area contributed by atoms with Crippen LogP contribution in [0.15, 0.2) is 30.6 Å². The second-order valence-electron chi connectivity index (χ2n) is 5.23. The Morgan fingerprint density at radius 1 is 1.24 bits per heavy atom. The van der Waals surface area contributed by atoms with Crippen LogP contribution in [0.4, 0.5) is 5.69 Å². The highest BCUT2D eigenvalue weighted by Gasteiger charge is 2.12. The minimum absolute atomic E-state index is 0.274. The number of aromatic nitrogens is 2. The maximum absolute atomic E-state index is 12.5. The number of carbonyl (C=O) groups excluding carboxylic acids is 1. The molecule has 2 aromatic rings. The molecule has 2 aromatic heterocycles. The van der Waals surface area contributed by atoms with Gasteiger partial charge in [-0.15, -0.1) is 0 Å². The number of nitrogens with zero attached hydrogens (tertiary/aromatic N) is 2. The van der Waals surface area contributed by atoms with Gasteiger partial charge in [0.25, 0.3) is 5.91 Å². The van der Waals surface area contributed by atoms with E-state index in [9.17, 15) is 4.79 Å². The molecular weight excluding hydrogens is 318 g/mol. The van der Waals surface area contributed by atoms with Crippen LogP contribution < -0.4 is 14.8 Å². The average molecular weight is 339 g/mol. The number of hydrogen-bond donors (Lipinski definition) is 1. The van der Waals surface area contributed by atoms with Crippen LogP contribution in [0.3, 0.4) is 0 Å². The molecule has 6 nitrogen and oxygen atoms in total. The molecule has 6 heteroatoms. The van der Waals surface area contributed by atoms with Crippen LogP contribution in [0.25, 0.3) is 0 Å². The number of anilines is 1. The molecule has 0 spiro atoms. The normalized spacial score (nSPS) is 9.72. The van der Waals surface area contributed by atoms with Crippen molar-refractivity contribution < 1.29 is 14.3 Å². The van der Waals surface area contributed by atoms with Crippen molar-refractivity contribution in [2.45, 2.75) is 26.2 Å². The highest BCUT2D eigenvalue weighted by atomic mass is 16.5. The zero-order chi connectivity index (χ0) is 18.1. The number of amides is 1. The zero-order valence-electron chi connectivity index (χ0n) is 14.6. The third kappa shape index (κ3) is 5.21. The summed E-state index contributed by atoms with van der Waals surface area (Å²) in [5.74, 6) is 6.48. The summed E-state index contributed by atoms with van der Waals surface area (Å²) in [5, 5.41) is 2.76. The van der Waals surface area contributed by atoms with Crippen molar-refractivity contribution in [3.63, 3.8) is 0 Å². The second-order valence-corrected chi connectivity index (χ2v) is 5.23. The van der Waals surface area contributed by atoms with Crippen molar-refractivity contribution in [1.82, 2.24) is 9.97 Å². The Bertz CT molecular complexity index is 794. The minimum Gasteiger partial charge on any atom is -0.481 e. The summed E-state index contributed by atoms with van der Waals surface area (Å²) in [7, 11) is 2.99. The first-order valence-corrected chi connectivity index (χ1v) is 8.02. The molecule has 0 atom stereocenters. The molecule has 0 saturated carbocycles. The van der Waals surface area contributed by atoms with Crippen molar-refractivity contribution in [3.05, 3.63) is 41.7 Å². The lowest BCUT2D eigenvalue weighted by Gasteiger charge is -2.10. The molecule has 0 aliphatic carbocycles. The molecule has 0 bridgehead atoms. The summed E-state index contributed by atoms with van der Waals surface area (Å²) in [4.78, 5) is 20.7. The van der Waals surface area contributed by atoms with Gasteiger partial charge < -0.3 is 14.8 Å². The first-order chi connectivity index (χ1) is 12.2. The molecule has 2 rings (SSSR count). The van der Waals surface area contributed by atoms with E-state index in [1.165, 1.54) is 20.4 Å².